The number of hydrogen-bond acceptors (Lipinski definition) is 3. The van der Waals surface area contributed by atoms with Gasteiger partial charge >= 0.3 is 0 Å². The Bertz CT molecular complexity index is 918. The van der Waals surface area contributed by atoms with Crippen LogP contribution in [0, 0.1) is 5.92 Å². The summed E-state index contributed by atoms with van der Waals surface area (Å²) < 4.78 is 9.00. The van der Waals surface area contributed by atoms with Crippen LogP contribution in [0.1, 0.15) is 32.6 Å². The van der Waals surface area contributed by atoms with Gasteiger partial charge in [-0.05, 0) is 56.0 Å². The van der Waals surface area contributed by atoms with Gasteiger partial charge < -0.3 is 9.30 Å². The minimum atomic E-state index is 0.0408. The van der Waals surface area contributed by atoms with E-state index in [0.29, 0.717) is 18.0 Å². The average Bonchev–Trinajstić information content (AvgIpc) is 3.28. The summed E-state index contributed by atoms with van der Waals surface area (Å²) in [5.74, 6) is 1.47. The van der Waals surface area contributed by atoms with Gasteiger partial charge in [-0.2, -0.15) is 5.10 Å². The predicted molar refractivity (Wildman–Crippen MR) is 98.0 cm³/mol. The molecule has 1 fully saturated rings. The lowest BCUT2D eigenvalue weighted by molar-refractivity contribution is 0.340. The Hall–Kier alpha value is -2.56. The van der Waals surface area contributed by atoms with Gasteiger partial charge in [-0.25, -0.2) is 4.52 Å². The molecule has 4 rings (SSSR count). The first-order chi connectivity index (χ1) is 12.2. The summed E-state index contributed by atoms with van der Waals surface area (Å²) >= 11 is 0. The van der Waals surface area contributed by atoms with Crippen LogP contribution in [-0.4, -0.2) is 20.8 Å². The van der Waals surface area contributed by atoms with Crippen molar-refractivity contribution in [3.8, 4) is 17.0 Å². The fraction of sp³-hybridized carbons (Fsp3) is 0.400. The van der Waals surface area contributed by atoms with Crippen molar-refractivity contribution in [3.05, 3.63) is 53.1 Å². The molecule has 0 N–H and O–H groups in total. The van der Waals surface area contributed by atoms with Gasteiger partial charge in [0, 0.05) is 24.5 Å². The normalized spacial score (nSPS) is 15.1. The Morgan fingerprint density at radius 1 is 1.16 bits per heavy atom. The Labute approximate surface area is 146 Å². The first-order valence-corrected chi connectivity index (χ1v) is 9.06. The molecule has 5 heteroatoms. The van der Waals surface area contributed by atoms with Crippen molar-refractivity contribution in [3.63, 3.8) is 0 Å². The third-order valence-corrected chi connectivity index (χ3v) is 4.99. The Balaban J connectivity index is 1.65. The second-order valence-electron chi connectivity index (χ2n) is 6.72. The van der Waals surface area contributed by atoms with Crippen LogP contribution in [0.15, 0.2) is 47.5 Å². The second-order valence-corrected chi connectivity index (χ2v) is 6.72. The predicted octanol–water partition coefficient (Wildman–Crippen LogP) is 3.75. The minimum absolute atomic E-state index is 0.0408. The maximum absolute atomic E-state index is 12.8. The lowest BCUT2D eigenvalue weighted by Crippen LogP contribution is -2.24. The maximum atomic E-state index is 12.8. The molecule has 0 aliphatic heterocycles. The van der Waals surface area contributed by atoms with Crippen molar-refractivity contribution in [2.45, 2.75) is 39.2 Å². The van der Waals surface area contributed by atoms with Gasteiger partial charge in [-0.1, -0.05) is 12.8 Å². The third-order valence-electron chi connectivity index (χ3n) is 4.99. The smallest absolute Gasteiger partial charge is 0.276 e. The Kier molecular flexibility index (Phi) is 4.30. The van der Waals surface area contributed by atoms with E-state index in [1.807, 2.05) is 54.2 Å². The molecule has 130 valence electrons. The van der Waals surface area contributed by atoms with Gasteiger partial charge in [-0.15, -0.1) is 0 Å². The maximum Gasteiger partial charge on any atom is 0.276 e. The van der Waals surface area contributed by atoms with Crippen molar-refractivity contribution in [1.82, 2.24) is 14.2 Å². The quantitative estimate of drug-likeness (QED) is 0.712. The van der Waals surface area contributed by atoms with Crippen LogP contribution in [0.3, 0.4) is 0 Å². The van der Waals surface area contributed by atoms with Crippen LogP contribution < -0.4 is 10.3 Å². The average molecular weight is 337 g/mol. The number of rotatable bonds is 5. The molecule has 1 aliphatic rings. The molecule has 0 radical (unpaired) electrons. The van der Waals surface area contributed by atoms with Crippen LogP contribution in [0.2, 0.25) is 0 Å². The van der Waals surface area contributed by atoms with Gasteiger partial charge in [-0.3, -0.25) is 4.79 Å². The zero-order chi connectivity index (χ0) is 17.2. The summed E-state index contributed by atoms with van der Waals surface area (Å²) in [6.07, 6.45) is 8.78. The molecule has 0 atom stereocenters. The molecule has 3 aromatic rings. The molecule has 25 heavy (non-hydrogen) atoms. The molecule has 0 amide bonds. The Morgan fingerprint density at radius 2 is 1.92 bits per heavy atom. The van der Waals surface area contributed by atoms with Crippen LogP contribution in [0.4, 0.5) is 0 Å². The van der Waals surface area contributed by atoms with E-state index in [1.54, 1.807) is 4.52 Å². The van der Waals surface area contributed by atoms with E-state index in [9.17, 15) is 4.79 Å². The lowest BCUT2D eigenvalue weighted by atomic mass is 10.1. The largest absolute Gasteiger partial charge is 0.494 e. The second kappa shape index (κ2) is 6.75. The zero-order valence-corrected chi connectivity index (χ0v) is 14.5. The molecule has 2 heterocycles. The summed E-state index contributed by atoms with van der Waals surface area (Å²) in [7, 11) is 0. The van der Waals surface area contributed by atoms with Gasteiger partial charge in [0.2, 0.25) is 0 Å². The number of hydrogen-bond donors (Lipinski definition) is 0. The first kappa shape index (κ1) is 15.9. The lowest BCUT2D eigenvalue weighted by Gasteiger charge is -2.11. The van der Waals surface area contributed by atoms with Gasteiger partial charge in [0.05, 0.1) is 12.3 Å². The highest BCUT2D eigenvalue weighted by Crippen LogP contribution is 2.26. The number of aromatic nitrogens is 3. The molecule has 0 saturated heterocycles. The Morgan fingerprint density at radius 3 is 2.64 bits per heavy atom. The van der Waals surface area contributed by atoms with Crippen molar-refractivity contribution in [2.75, 3.05) is 6.61 Å². The molecule has 0 unspecified atom stereocenters. The topological polar surface area (TPSA) is 48.5 Å². The summed E-state index contributed by atoms with van der Waals surface area (Å²) in [4.78, 5) is 12.8. The molecular formula is C20H23N3O2. The molecule has 1 aliphatic carbocycles. The van der Waals surface area contributed by atoms with Crippen molar-refractivity contribution < 1.29 is 4.74 Å². The molecule has 2 aromatic heterocycles. The zero-order valence-electron chi connectivity index (χ0n) is 14.5. The van der Waals surface area contributed by atoms with E-state index >= 15 is 0 Å². The standard InChI is InChI=1S/C20H23N3O2/c1-2-25-17-9-7-16(8-10-17)18-13-19-20(24)22(11-12-23(19)21-18)14-15-5-3-4-6-15/h7-13,15H,2-6,14H2,1H3. The van der Waals surface area contributed by atoms with E-state index in [4.69, 9.17) is 4.74 Å². The highest BCUT2D eigenvalue weighted by Gasteiger charge is 2.17. The summed E-state index contributed by atoms with van der Waals surface area (Å²) in [6.45, 7) is 3.43. The number of nitrogens with zero attached hydrogens (tertiary/aromatic N) is 3. The van der Waals surface area contributed by atoms with E-state index in [0.717, 1.165) is 23.6 Å². The van der Waals surface area contributed by atoms with Crippen molar-refractivity contribution in [2.24, 2.45) is 5.92 Å². The van der Waals surface area contributed by atoms with E-state index in [-0.39, 0.29) is 5.56 Å². The van der Waals surface area contributed by atoms with Crippen LogP contribution >= 0.6 is 0 Å². The van der Waals surface area contributed by atoms with Crippen LogP contribution in [0.25, 0.3) is 16.8 Å². The van der Waals surface area contributed by atoms with Gasteiger partial charge in [0.1, 0.15) is 11.3 Å². The number of ether oxygens (including phenoxy) is 1. The van der Waals surface area contributed by atoms with Crippen LogP contribution in [0.5, 0.6) is 5.75 Å². The number of benzene rings is 1. The number of fused-ring (bicyclic) bond motifs is 1. The van der Waals surface area contributed by atoms with Crippen molar-refractivity contribution in [1.29, 1.82) is 0 Å². The third kappa shape index (κ3) is 3.18. The fourth-order valence-electron chi connectivity index (χ4n) is 3.67. The highest BCUT2D eigenvalue weighted by molar-refractivity contribution is 5.66. The van der Waals surface area contributed by atoms with E-state index < -0.39 is 0 Å². The minimum Gasteiger partial charge on any atom is -0.494 e. The van der Waals surface area contributed by atoms with Gasteiger partial charge in [0.15, 0.2) is 0 Å². The SMILES string of the molecule is CCOc1ccc(-c2cc3c(=O)n(CC4CCCC4)ccn3n2)cc1. The molecule has 1 aromatic carbocycles. The molecular weight excluding hydrogens is 314 g/mol. The molecule has 1 saturated carbocycles. The molecule has 5 nitrogen and oxygen atoms in total. The summed E-state index contributed by atoms with van der Waals surface area (Å²) in [6, 6.07) is 9.69. The van der Waals surface area contributed by atoms with Gasteiger partial charge in [0.25, 0.3) is 5.56 Å². The van der Waals surface area contributed by atoms with Crippen LogP contribution in [-0.2, 0) is 6.54 Å². The fourth-order valence-corrected chi connectivity index (χ4v) is 3.67. The molecule has 0 bridgehead atoms. The van der Waals surface area contributed by atoms with Crippen molar-refractivity contribution >= 4 is 5.52 Å². The summed E-state index contributed by atoms with van der Waals surface area (Å²) in [5.41, 5.74) is 2.45. The van der Waals surface area contributed by atoms with E-state index in [2.05, 4.69) is 5.10 Å². The highest BCUT2D eigenvalue weighted by atomic mass is 16.5. The first-order valence-electron chi connectivity index (χ1n) is 9.06. The molecule has 0 spiro atoms. The summed E-state index contributed by atoms with van der Waals surface area (Å²) in [5, 5.41) is 4.55. The monoisotopic (exact) mass is 337 g/mol. The van der Waals surface area contributed by atoms with E-state index in [1.165, 1.54) is 25.7 Å².